The Morgan fingerprint density at radius 3 is 2.75 bits per heavy atom. The SMILES string of the molecule is OC1CCN(c2ccco2)CC1. The van der Waals surface area contributed by atoms with E-state index in [4.69, 9.17) is 4.42 Å². The summed E-state index contributed by atoms with van der Waals surface area (Å²) >= 11 is 0. The zero-order chi connectivity index (χ0) is 8.39. The van der Waals surface area contributed by atoms with Crippen LogP contribution in [-0.4, -0.2) is 24.3 Å². The van der Waals surface area contributed by atoms with Crippen molar-refractivity contribution >= 4 is 5.88 Å². The summed E-state index contributed by atoms with van der Waals surface area (Å²) in [6.45, 7) is 1.80. The lowest BCUT2D eigenvalue weighted by Gasteiger charge is -2.28. The number of rotatable bonds is 1. The second-order valence-electron chi connectivity index (χ2n) is 3.17. The van der Waals surface area contributed by atoms with Gasteiger partial charge in [-0.05, 0) is 18.9 Å². The standard InChI is InChI=1S/C9H13NO2/c11-8-3-5-10(6-4-8)9-2-1-7-12-9/h1-2,7-8,11H,3-6H2. The van der Waals surface area contributed by atoms with Crippen LogP contribution in [0.25, 0.3) is 0 Å². The molecule has 1 aliphatic rings. The second kappa shape index (κ2) is 3.19. The number of furan rings is 1. The Kier molecular flexibility index (Phi) is 2.04. The van der Waals surface area contributed by atoms with Crippen molar-refractivity contribution in [2.24, 2.45) is 0 Å². The van der Waals surface area contributed by atoms with E-state index in [-0.39, 0.29) is 6.10 Å². The van der Waals surface area contributed by atoms with E-state index in [1.165, 1.54) is 0 Å². The van der Waals surface area contributed by atoms with Crippen molar-refractivity contribution in [2.75, 3.05) is 18.0 Å². The van der Waals surface area contributed by atoms with E-state index < -0.39 is 0 Å². The lowest BCUT2D eigenvalue weighted by atomic mass is 10.1. The summed E-state index contributed by atoms with van der Waals surface area (Å²) in [6, 6.07) is 3.85. The van der Waals surface area contributed by atoms with Gasteiger partial charge < -0.3 is 14.4 Å². The summed E-state index contributed by atoms with van der Waals surface area (Å²) in [6.07, 6.45) is 3.26. The highest BCUT2D eigenvalue weighted by atomic mass is 16.3. The number of hydrogen-bond acceptors (Lipinski definition) is 3. The predicted octanol–water partition coefficient (Wildman–Crippen LogP) is 1.24. The van der Waals surface area contributed by atoms with Crippen LogP contribution in [0, 0.1) is 0 Å². The molecule has 3 heteroatoms. The molecule has 1 aromatic heterocycles. The Morgan fingerprint density at radius 2 is 2.17 bits per heavy atom. The Bertz CT molecular complexity index is 225. The molecule has 0 saturated carbocycles. The van der Waals surface area contributed by atoms with Gasteiger partial charge in [-0.1, -0.05) is 0 Å². The normalized spacial score (nSPS) is 19.9. The van der Waals surface area contributed by atoms with Crippen LogP contribution in [0.3, 0.4) is 0 Å². The first-order chi connectivity index (χ1) is 5.86. The molecule has 12 heavy (non-hydrogen) atoms. The molecule has 2 rings (SSSR count). The summed E-state index contributed by atoms with van der Waals surface area (Å²) in [4.78, 5) is 2.16. The fourth-order valence-electron chi connectivity index (χ4n) is 1.54. The van der Waals surface area contributed by atoms with Crippen molar-refractivity contribution in [2.45, 2.75) is 18.9 Å². The van der Waals surface area contributed by atoms with Gasteiger partial charge in [0.05, 0.1) is 12.4 Å². The predicted molar refractivity (Wildman–Crippen MR) is 46.2 cm³/mol. The monoisotopic (exact) mass is 167 g/mol. The molecule has 0 atom stereocenters. The van der Waals surface area contributed by atoms with Gasteiger partial charge in [-0.15, -0.1) is 0 Å². The number of piperidine rings is 1. The van der Waals surface area contributed by atoms with Gasteiger partial charge >= 0.3 is 0 Å². The van der Waals surface area contributed by atoms with Crippen molar-refractivity contribution in [3.63, 3.8) is 0 Å². The van der Waals surface area contributed by atoms with Gasteiger partial charge in [-0.3, -0.25) is 0 Å². The van der Waals surface area contributed by atoms with Crippen LogP contribution in [0.2, 0.25) is 0 Å². The molecule has 0 unspecified atom stereocenters. The molecule has 3 nitrogen and oxygen atoms in total. The lowest BCUT2D eigenvalue weighted by Crippen LogP contribution is -2.35. The average molecular weight is 167 g/mol. The Morgan fingerprint density at radius 1 is 1.42 bits per heavy atom. The van der Waals surface area contributed by atoms with Crippen molar-refractivity contribution in [3.8, 4) is 0 Å². The molecule has 1 aromatic rings. The van der Waals surface area contributed by atoms with E-state index in [2.05, 4.69) is 4.90 Å². The smallest absolute Gasteiger partial charge is 0.195 e. The van der Waals surface area contributed by atoms with E-state index >= 15 is 0 Å². The van der Waals surface area contributed by atoms with Gasteiger partial charge in [-0.2, -0.15) is 0 Å². The number of aliphatic hydroxyl groups excluding tert-OH is 1. The summed E-state index contributed by atoms with van der Waals surface area (Å²) in [7, 11) is 0. The molecular formula is C9H13NO2. The van der Waals surface area contributed by atoms with Crippen molar-refractivity contribution in [3.05, 3.63) is 18.4 Å². The van der Waals surface area contributed by atoms with Crippen molar-refractivity contribution in [1.29, 1.82) is 0 Å². The molecule has 1 saturated heterocycles. The zero-order valence-electron chi connectivity index (χ0n) is 6.94. The quantitative estimate of drug-likeness (QED) is 0.683. The lowest BCUT2D eigenvalue weighted by molar-refractivity contribution is 0.144. The highest BCUT2D eigenvalue weighted by Gasteiger charge is 2.18. The minimum absolute atomic E-state index is 0.115. The van der Waals surface area contributed by atoms with Crippen LogP contribution < -0.4 is 4.90 Å². The van der Waals surface area contributed by atoms with E-state index in [9.17, 15) is 5.11 Å². The Hall–Kier alpha value is -0.960. The van der Waals surface area contributed by atoms with E-state index in [0.717, 1.165) is 31.8 Å². The third-order valence-corrected chi connectivity index (χ3v) is 2.28. The number of anilines is 1. The maximum absolute atomic E-state index is 9.27. The van der Waals surface area contributed by atoms with Crippen molar-refractivity contribution in [1.82, 2.24) is 0 Å². The van der Waals surface area contributed by atoms with E-state index in [1.807, 2.05) is 12.1 Å². The van der Waals surface area contributed by atoms with Crippen LogP contribution in [0.4, 0.5) is 5.88 Å². The van der Waals surface area contributed by atoms with Gasteiger partial charge in [-0.25, -0.2) is 0 Å². The third kappa shape index (κ3) is 1.46. The molecule has 0 aliphatic carbocycles. The molecule has 0 radical (unpaired) electrons. The van der Waals surface area contributed by atoms with Crippen molar-refractivity contribution < 1.29 is 9.52 Å². The number of aliphatic hydroxyl groups is 1. The van der Waals surface area contributed by atoms with Gasteiger partial charge in [0.1, 0.15) is 0 Å². The molecule has 0 bridgehead atoms. The maximum Gasteiger partial charge on any atom is 0.195 e. The number of hydrogen-bond donors (Lipinski definition) is 1. The topological polar surface area (TPSA) is 36.6 Å². The van der Waals surface area contributed by atoms with Crippen LogP contribution >= 0.6 is 0 Å². The highest BCUT2D eigenvalue weighted by Crippen LogP contribution is 2.19. The van der Waals surface area contributed by atoms with Gasteiger partial charge in [0, 0.05) is 19.2 Å². The molecule has 1 N–H and O–H groups in total. The molecular weight excluding hydrogens is 154 g/mol. The molecule has 1 aliphatic heterocycles. The fraction of sp³-hybridized carbons (Fsp3) is 0.556. The van der Waals surface area contributed by atoms with Crippen LogP contribution in [0.5, 0.6) is 0 Å². The Balaban J connectivity index is 1.99. The Labute approximate surface area is 71.6 Å². The first-order valence-corrected chi connectivity index (χ1v) is 4.33. The summed E-state index contributed by atoms with van der Waals surface area (Å²) in [5.74, 6) is 0.918. The van der Waals surface area contributed by atoms with E-state index in [0.29, 0.717) is 0 Å². The van der Waals surface area contributed by atoms with Gasteiger partial charge in [0.2, 0.25) is 0 Å². The minimum atomic E-state index is -0.115. The van der Waals surface area contributed by atoms with E-state index in [1.54, 1.807) is 6.26 Å². The first-order valence-electron chi connectivity index (χ1n) is 4.33. The minimum Gasteiger partial charge on any atom is -0.449 e. The number of nitrogens with zero attached hydrogens (tertiary/aromatic N) is 1. The van der Waals surface area contributed by atoms with Gasteiger partial charge in [0.25, 0.3) is 0 Å². The van der Waals surface area contributed by atoms with Crippen LogP contribution in [-0.2, 0) is 0 Å². The largest absolute Gasteiger partial charge is 0.449 e. The molecule has 0 spiro atoms. The molecule has 2 heterocycles. The molecule has 1 fully saturated rings. The molecule has 0 amide bonds. The summed E-state index contributed by atoms with van der Waals surface area (Å²) < 4.78 is 5.25. The molecule has 0 aromatic carbocycles. The second-order valence-corrected chi connectivity index (χ2v) is 3.17. The third-order valence-electron chi connectivity index (χ3n) is 2.28. The zero-order valence-corrected chi connectivity index (χ0v) is 6.94. The fourth-order valence-corrected chi connectivity index (χ4v) is 1.54. The van der Waals surface area contributed by atoms with Crippen LogP contribution in [0.1, 0.15) is 12.8 Å². The summed E-state index contributed by atoms with van der Waals surface area (Å²) in [5, 5.41) is 9.27. The highest BCUT2D eigenvalue weighted by molar-refractivity contribution is 5.34. The molecule has 66 valence electrons. The van der Waals surface area contributed by atoms with Crippen LogP contribution in [0.15, 0.2) is 22.8 Å². The first kappa shape index (κ1) is 7.68. The van der Waals surface area contributed by atoms with Gasteiger partial charge in [0.15, 0.2) is 5.88 Å². The average Bonchev–Trinajstić information content (AvgIpc) is 2.58. The maximum atomic E-state index is 9.27. The summed E-state index contributed by atoms with van der Waals surface area (Å²) in [5.41, 5.74) is 0.